The summed E-state index contributed by atoms with van der Waals surface area (Å²) in [6.45, 7) is 4.04. The van der Waals surface area contributed by atoms with Crippen LogP contribution in [0.1, 0.15) is 29.3 Å². The molecule has 2 aliphatic heterocycles. The number of carbonyl (C=O) groups excluding carboxylic acids is 1. The SMILES string of the molecule is CC1CSCCN1C(=O)c1cccc2c1CCCN2.Cl. The Morgan fingerprint density at radius 1 is 1.45 bits per heavy atom. The Morgan fingerprint density at radius 2 is 2.30 bits per heavy atom. The minimum absolute atomic E-state index is 0. The quantitative estimate of drug-likeness (QED) is 0.865. The van der Waals surface area contributed by atoms with Crippen molar-refractivity contribution in [2.75, 3.05) is 29.9 Å². The monoisotopic (exact) mass is 312 g/mol. The van der Waals surface area contributed by atoms with E-state index in [1.54, 1.807) is 0 Å². The van der Waals surface area contributed by atoms with Crippen molar-refractivity contribution in [3.8, 4) is 0 Å². The number of hydrogen-bond acceptors (Lipinski definition) is 3. The first kappa shape index (κ1) is 15.5. The number of nitrogens with zero attached hydrogens (tertiary/aromatic N) is 1. The zero-order valence-corrected chi connectivity index (χ0v) is 13.4. The molecular formula is C15H21ClN2OS. The van der Waals surface area contributed by atoms with E-state index in [9.17, 15) is 4.79 Å². The van der Waals surface area contributed by atoms with Crippen LogP contribution in [0.4, 0.5) is 5.69 Å². The molecule has 0 aromatic heterocycles. The molecule has 1 amide bonds. The average Bonchev–Trinajstić information content (AvgIpc) is 2.46. The molecule has 20 heavy (non-hydrogen) atoms. The maximum Gasteiger partial charge on any atom is 0.254 e. The highest BCUT2D eigenvalue weighted by Crippen LogP contribution is 2.27. The summed E-state index contributed by atoms with van der Waals surface area (Å²) in [7, 11) is 0. The van der Waals surface area contributed by atoms with E-state index in [1.165, 1.54) is 5.56 Å². The van der Waals surface area contributed by atoms with E-state index >= 15 is 0 Å². The molecule has 1 aromatic rings. The van der Waals surface area contributed by atoms with Gasteiger partial charge in [-0.1, -0.05) is 6.07 Å². The summed E-state index contributed by atoms with van der Waals surface area (Å²) in [5, 5.41) is 3.40. The van der Waals surface area contributed by atoms with Gasteiger partial charge in [0.25, 0.3) is 5.91 Å². The molecule has 1 aromatic carbocycles. The Bertz CT molecular complexity index is 495. The Hall–Kier alpha value is -0.870. The van der Waals surface area contributed by atoms with Crippen LogP contribution in [0, 0.1) is 0 Å². The first-order valence-corrected chi connectivity index (χ1v) is 8.17. The second kappa shape index (κ2) is 6.72. The fraction of sp³-hybridized carbons (Fsp3) is 0.533. The number of benzene rings is 1. The van der Waals surface area contributed by atoms with Crippen molar-refractivity contribution >= 4 is 35.8 Å². The molecule has 2 aliphatic rings. The average molecular weight is 313 g/mol. The predicted molar refractivity (Wildman–Crippen MR) is 88.3 cm³/mol. The topological polar surface area (TPSA) is 32.3 Å². The molecule has 1 unspecified atom stereocenters. The van der Waals surface area contributed by atoms with Crippen LogP contribution in [-0.2, 0) is 6.42 Å². The lowest BCUT2D eigenvalue weighted by molar-refractivity contribution is 0.0715. The van der Waals surface area contributed by atoms with Crippen LogP contribution in [0.3, 0.4) is 0 Å². The Morgan fingerprint density at radius 3 is 3.10 bits per heavy atom. The maximum atomic E-state index is 12.8. The van der Waals surface area contributed by atoms with Gasteiger partial charge in [-0.05, 0) is 37.5 Å². The summed E-state index contributed by atoms with van der Waals surface area (Å²) in [6, 6.07) is 6.41. The van der Waals surface area contributed by atoms with Crippen LogP contribution in [0.15, 0.2) is 18.2 Å². The van der Waals surface area contributed by atoms with E-state index in [2.05, 4.69) is 18.3 Å². The van der Waals surface area contributed by atoms with Crippen molar-refractivity contribution in [2.24, 2.45) is 0 Å². The van der Waals surface area contributed by atoms with E-state index in [4.69, 9.17) is 0 Å². The summed E-state index contributed by atoms with van der Waals surface area (Å²) in [4.78, 5) is 14.8. The molecule has 0 bridgehead atoms. The molecule has 2 heterocycles. The highest BCUT2D eigenvalue weighted by molar-refractivity contribution is 7.99. The summed E-state index contributed by atoms with van der Waals surface area (Å²) in [5.41, 5.74) is 3.27. The smallest absolute Gasteiger partial charge is 0.254 e. The number of halogens is 1. The molecule has 0 spiro atoms. The second-order valence-corrected chi connectivity index (χ2v) is 6.43. The molecule has 0 aliphatic carbocycles. The third kappa shape index (κ3) is 2.91. The molecule has 3 rings (SSSR count). The largest absolute Gasteiger partial charge is 0.385 e. The number of hydrogen-bond donors (Lipinski definition) is 1. The first-order valence-electron chi connectivity index (χ1n) is 7.02. The van der Waals surface area contributed by atoms with Crippen molar-refractivity contribution in [1.82, 2.24) is 4.90 Å². The van der Waals surface area contributed by atoms with Crippen molar-refractivity contribution in [3.63, 3.8) is 0 Å². The lowest BCUT2D eigenvalue weighted by Crippen LogP contribution is -2.44. The van der Waals surface area contributed by atoms with Crippen LogP contribution in [0.25, 0.3) is 0 Å². The number of rotatable bonds is 1. The molecule has 0 radical (unpaired) electrons. The van der Waals surface area contributed by atoms with Crippen LogP contribution < -0.4 is 5.32 Å². The predicted octanol–water partition coefficient (Wildman–Crippen LogP) is 3.04. The Labute approximate surface area is 130 Å². The Kier molecular flexibility index (Phi) is 5.22. The minimum Gasteiger partial charge on any atom is -0.385 e. The molecule has 1 atom stereocenters. The van der Waals surface area contributed by atoms with Gasteiger partial charge >= 0.3 is 0 Å². The van der Waals surface area contributed by atoms with Crippen LogP contribution in [0.2, 0.25) is 0 Å². The zero-order chi connectivity index (χ0) is 13.2. The molecule has 5 heteroatoms. The highest BCUT2D eigenvalue weighted by Gasteiger charge is 2.27. The van der Waals surface area contributed by atoms with Gasteiger partial charge in [-0.3, -0.25) is 4.79 Å². The fourth-order valence-corrected chi connectivity index (χ4v) is 3.91. The molecule has 1 N–H and O–H groups in total. The molecule has 3 nitrogen and oxygen atoms in total. The number of amides is 1. The summed E-state index contributed by atoms with van der Waals surface area (Å²) >= 11 is 1.94. The van der Waals surface area contributed by atoms with Gasteiger partial charge in [-0.2, -0.15) is 11.8 Å². The van der Waals surface area contributed by atoms with Gasteiger partial charge in [0, 0.05) is 41.9 Å². The van der Waals surface area contributed by atoms with E-state index < -0.39 is 0 Å². The third-order valence-electron chi connectivity index (χ3n) is 3.95. The van der Waals surface area contributed by atoms with Crippen molar-refractivity contribution in [2.45, 2.75) is 25.8 Å². The van der Waals surface area contributed by atoms with E-state index in [0.717, 1.165) is 48.7 Å². The van der Waals surface area contributed by atoms with Crippen molar-refractivity contribution in [3.05, 3.63) is 29.3 Å². The van der Waals surface area contributed by atoms with Crippen molar-refractivity contribution < 1.29 is 4.79 Å². The van der Waals surface area contributed by atoms with Crippen LogP contribution >= 0.6 is 24.2 Å². The fourth-order valence-electron chi connectivity index (χ4n) is 2.89. The molecule has 0 saturated carbocycles. The molecule has 110 valence electrons. The number of nitrogens with one attached hydrogen (secondary N) is 1. The number of carbonyl (C=O) groups is 1. The molecule has 1 saturated heterocycles. The Balaban J connectivity index is 0.00000147. The van der Waals surface area contributed by atoms with E-state index in [1.807, 2.05) is 28.8 Å². The van der Waals surface area contributed by atoms with Crippen molar-refractivity contribution in [1.29, 1.82) is 0 Å². The number of fused-ring (bicyclic) bond motifs is 1. The van der Waals surface area contributed by atoms with Gasteiger partial charge in [0.2, 0.25) is 0 Å². The van der Waals surface area contributed by atoms with Gasteiger partial charge < -0.3 is 10.2 Å². The van der Waals surface area contributed by atoms with Crippen LogP contribution in [0.5, 0.6) is 0 Å². The second-order valence-electron chi connectivity index (χ2n) is 5.28. The minimum atomic E-state index is 0. The van der Waals surface area contributed by atoms with E-state index in [0.29, 0.717) is 6.04 Å². The summed E-state index contributed by atoms with van der Waals surface area (Å²) in [6.07, 6.45) is 2.13. The molecule has 1 fully saturated rings. The zero-order valence-electron chi connectivity index (χ0n) is 11.7. The van der Waals surface area contributed by atoms with Gasteiger partial charge in [0.05, 0.1) is 0 Å². The maximum absolute atomic E-state index is 12.8. The van der Waals surface area contributed by atoms with Gasteiger partial charge in [0.15, 0.2) is 0 Å². The lowest BCUT2D eigenvalue weighted by atomic mass is 9.96. The van der Waals surface area contributed by atoms with E-state index in [-0.39, 0.29) is 18.3 Å². The highest BCUT2D eigenvalue weighted by atomic mass is 35.5. The van der Waals surface area contributed by atoms with Gasteiger partial charge in [-0.15, -0.1) is 12.4 Å². The van der Waals surface area contributed by atoms with Crippen LogP contribution in [-0.4, -0.2) is 41.4 Å². The standard InChI is InChI=1S/C15H20N2OS.ClH/c1-11-10-19-9-8-17(11)15(18)13-4-2-6-14-12(13)5-3-7-16-14;/h2,4,6,11,16H,3,5,7-10H2,1H3;1H. The normalized spacial score (nSPS) is 21.4. The number of thioether (sulfide) groups is 1. The lowest BCUT2D eigenvalue weighted by Gasteiger charge is -2.34. The first-order chi connectivity index (χ1) is 9.27. The van der Waals surface area contributed by atoms with Gasteiger partial charge in [0.1, 0.15) is 0 Å². The third-order valence-corrected chi connectivity index (χ3v) is 5.14. The number of anilines is 1. The van der Waals surface area contributed by atoms with Gasteiger partial charge in [-0.25, -0.2) is 0 Å². The molecular weight excluding hydrogens is 292 g/mol. The summed E-state index contributed by atoms with van der Waals surface area (Å²) in [5.74, 6) is 2.33. The summed E-state index contributed by atoms with van der Waals surface area (Å²) < 4.78 is 0.